The Kier molecular flexibility index (Phi) is 25.8. The molecule has 1 unspecified atom stereocenters. The fourth-order valence-electron chi connectivity index (χ4n) is 7.31. The maximum atomic E-state index is 13.7. The molecule has 0 aliphatic rings. The van der Waals surface area contributed by atoms with Crippen LogP contribution in [-0.4, -0.2) is 160 Å². The molecule has 1 aromatic heterocycles. The third kappa shape index (κ3) is 20.9. The number of aliphatic carboxylic acids is 1. The highest BCUT2D eigenvalue weighted by Crippen LogP contribution is 2.19. The first-order valence-corrected chi connectivity index (χ1v) is 24.1. The molecule has 0 saturated carbocycles. The van der Waals surface area contributed by atoms with Crippen molar-refractivity contribution in [3.63, 3.8) is 0 Å². The number of aliphatic hydroxyl groups is 1. The van der Waals surface area contributed by atoms with Gasteiger partial charge in [0, 0.05) is 47.9 Å². The van der Waals surface area contributed by atoms with Crippen molar-refractivity contribution in [2.75, 3.05) is 13.1 Å². The highest BCUT2D eigenvalue weighted by molar-refractivity contribution is 6.00. The number of carboxylic acids is 1. The lowest BCUT2D eigenvalue weighted by Crippen LogP contribution is -2.62. The minimum atomic E-state index is -1.87. The Bertz CT molecular complexity index is 2490. The number of aromatic amines is 1. The van der Waals surface area contributed by atoms with Gasteiger partial charge in [0.15, 0.2) is 0 Å². The van der Waals surface area contributed by atoms with Crippen LogP contribution < -0.4 is 65.1 Å². The van der Waals surface area contributed by atoms with Gasteiger partial charge >= 0.3 is 5.97 Å². The number of carbonyl (C=O) groups is 12. The molecule has 0 radical (unpaired) electrons. The zero-order valence-corrected chi connectivity index (χ0v) is 43.1. The molecule has 10 atom stereocenters. The lowest BCUT2D eigenvalue weighted by Gasteiger charge is -2.29. The molecule has 418 valence electrons. The molecule has 1 aromatic carbocycles. The largest absolute Gasteiger partial charge is 0.481 e. The van der Waals surface area contributed by atoms with Gasteiger partial charge in [-0.1, -0.05) is 51.0 Å². The monoisotopic (exact) mass is 1070 g/mol. The summed E-state index contributed by atoms with van der Waals surface area (Å²) in [6, 6.07) is -6.18. The lowest BCUT2D eigenvalue weighted by atomic mass is 10.0. The Balaban J connectivity index is 2.17. The van der Waals surface area contributed by atoms with E-state index < -0.39 is 156 Å². The first-order chi connectivity index (χ1) is 35.6. The molecule has 2 aromatic rings. The number of nitrogens with one attached hydrogen (secondary N) is 10. The maximum Gasteiger partial charge on any atom is 0.305 e. The predicted molar refractivity (Wildman–Crippen MR) is 270 cm³/mol. The van der Waals surface area contributed by atoms with Crippen molar-refractivity contribution in [3.05, 3.63) is 46.5 Å². The van der Waals surface area contributed by atoms with Crippen LogP contribution in [-0.2, 0) is 64.0 Å². The van der Waals surface area contributed by atoms with E-state index in [2.05, 4.69) is 62.9 Å². The molecule has 0 bridgehead atoms. The van der Waals surface area contributed by atoms with Gasteiger partial charge < -0.3 is 80.2 Å². The van der Waals surface area contributed by atoms with Crippen LogP contribution in [0.3, 0.4) is 0 Å². The van der Waals surface area contributed by atoms with Crippen LogP contribution >= 0.6 is 0 Å². The smallest absolute Gasteiger partial charge is 0.305 e. The molecular weight excluding hydrogens is 1000 g/mol. The van der Waals surface area contributed by atoms with Crippen LogP contribution in [0.5, 0.6) is 0 Å². The first-order valence-electron chi connectivity index (χ1n) is 24.1. The number of rotatable bonds is 33. The Labute approximate surface area is 436 Å². The molecule has 11 amide bonds. The van der Waals surface area contributed by atoms with Gasteiger partial charge in [-0.25, -0.2) is 0 Å². The summed E-state index contributed by atoms with van der Waals surface area (Å²) in [5, 5.41) is 45.9. The van der Waals surface area contributed by atoms with Crippen LogP contribution in [0.2, 0.25) is 0 Å². The molecule has 30 nitrogen and oxygen atoms in total. The van der Waals surface area contributed by atoms with E-state index in [1.165, 1.54) is 27.7 Å². The number of hydrogen-bond donors (Lipinski definition) is 15. The number of carboxylic acid groups (broad SMARTS) is 1. The normalized spacial score (nSPS) is 15.0. The zero-order valence-electron chi connectivity index (χ0n) is 43.1. The number of azide groups is 1. The number of aromatic nitrogens is 1. The topological polar surface area (TPSA) is 496 Å². The number of aliphatic hydroxyl groups excluding tert-OH is 1. The van der Waals surface area contributed by atoms with Gasteiger partial charge in [0.1, 0.15) is 48.3 Å². The highest BCUT2D eigenvalue weighted by atomic mass is 16.4. The van der Waals surface area contributed by atoms with Crippen LogP contribution in [0.15, 0.2) is 35.6 Å². The summed E-state index contributed by atoms with van der Waals surface area (Å²) >= 11 is 0. The van der Waals surface area contributed by atoms with Gasteiger partial charge in [0.2, 0.25) is 65.0 Å². The standard InChI is InChI=1S/C46H70N16O14/c1-20(2)35(44(74)54-22(5)39(69)56-29(38(49)68)16-25-19-52-27-11-9-8-10-26(25)27)59-40(70)23(6)55-46(76)37(24(7)63)61-42(72)30(17-33(48)65)58-45(75)36(21(3)4)60-43(73)31(18-34(66)67)57-41(71)28(12-13-32(47)64)51-14-15-53-62-50/h8-11,19-24,28-31,35-37,51-52,63H,12-18H2,1-7H3,(H2,47,64)(H2,48,65)(H2,49,68)(H,54,74)(H,55,76)(H,56,69)(H,57,71)(H,58,75)(H,59,70)(H,60,73)(H,61,72)(H,66,67)/t22-,23-,24-,28-,29+,30+,31-,35+,36+,37?/m0/s1. The predicted octanol–water partition coefficient (Wildman–Crippen LogP) is -4.31. The third-order valence-corrected chi connectivity index (χ3v) is 11.5. The van der Waals surface area contributed by atoms with Crippen molar-refractivity contribution >= 4 is 81.9 Å². The number of carbonyl (C=O) groups excluding carboxylic acids is 11. The number of primary amides is 3. The minimum absolute atomic E-state index is 0.0443. The molecule has 2 rings (SSSR count). The molecule has 30 heteroatoms. The number of H-pyrrole nitrogens is 1. The van der Waals surface area contributed by atoms with Crippen LogP contribution in [0.25, 0.3) is 21.3 Å². The van der Waals surface area contributed by atoms with E-state index >= 15 is 0 Å². The fraction of sp³-hybridized carbons (Fsp3) is 0.565. The van der Waals surface area contributed by atoms with Gasteiger partial charge in [-0.15, -0.1) is 0 Å². The van der Waals surface area contributed by atoms with Crippen molar-refractivity contribution in [2.45, 2.75) is 141 Å². The molecule has 0 aliphatic heterocycles. The maximum absolute atomic E-state index is 13.7. The van der Waals surface area contributed by atoms with Crippen molar-refractivity contribution in [3.8, 4) is 0 Å². The van der Waals surface area contributed by atoms with Gasteiger partial charge in [-0.3, -0.25) is 57.5 Å². The number of fused-ring (bicyclic) bond motifs is 1. The minimum Gasteiger partial charge on any atom is -0.481 e. The van der Waals surface area contributed by atoms with E-state index in [1.54, 1.807) is 20.0 Å². The Morgan fingerprint density at radius 2 is 1.08 bits per heavy atom. The summed E-state index contributed by atoms with van der Waals surface area (Å²) in [6.45, 7) is 9.54. The summed E-state index contributed by atoms with van der Waals surface area (Å²) in [7, 11) is 0. The third-order valence-electron chi connectivity index (χ3n) is 11.5. The van der Waals surface area contributed by atoms with Gasteiger partial charge in [0.05, 0.1) is 25.0 Å². The van der Waals surface area contributed by atoms with Crippen molar-refractivity contribution in [1.29, 1.82) is 0 Å². The number of benzene rings is 1. The number of amides is 11. The van der Waals surface area contributed by atoms with E-state index in [0.29, 0.717) is 5.56 Å². The van der Waals surface area contributed by atoms with Crippen LogP contribution in [0.1, 0.15) is 79.7 Å². The second-order valence-corrected chi connectivity index (χ2v) is 18.5. The van der Waals surface area contributed by atoms with Gasteiger partial charge in [-0.05, 0) is 56.2 Å². The summed E-state index contributed by atoms with van der Waals surface area (Å²) in [6.07, 6.45) is -2.36. The van der Waals surface area contributed by atoms with Crippen molar-refractivity contribution in [1.82, 2.24) is 52.8 Å². The average Bonchev–Trinajstić information content (AvgIpc) is 3.74. The van der Waals surface area contributed by atoms with Gasteiger partial charge in [-0.2, -0.15) is 0 Å². The lowest BCUT2D eigenvalue weighted by molar-refractivity contribution is -0.141. The molecule has 0 saturated heterocycles. The first kappa shape index (κ1) is 63.7. The Morgan fingerprint density at radius 3 is 1.59 bits per heavy atom. The molecule has 18 N–H and O–H groups in total. The van der Waals surface area contributed by atoms with Crippen LogP contribution in [0.4, 0.5) is 0 Å². The molecular formula is C46H70N16O14. The van der Waals surface area contributed by atoms with Crippen LogP contribution in [0, 0.1) is 11.8 Å². The number of nitrogens with two attached hydrogens (primary N) is 3. The van der Waals surface area contributed by atoms with E-state index in [0.717, 1.165) is 17.8 Å². The summed E-state index contributed by atoms with van der Waals surface area (Å²) in [4.78, 5) is 161. The molecule has 1 heterocycles. The van der Waals surface area contributed by atoms with E-state index in [4.69, 9.17) is 22.7 Å². The van der Waals surface area contributed by atoms with Crippen molar-refractivity contribution in [2.24, 2.45) is 34.2 Å². The summed E-state index contributed by atoms with van der Waals surface area (Å²) < 4.78 is 0. The summed E-state index contributed by atoms with van der Waals surface area (Å²) in [5.41, 5.74) is 26.3. The second-order valence-electron chi connectivity index (χ2n) is 18.5. The summed E-state index contributed by atoms with van der Waals surface area (Å²) in [5.74, 6) is -13.8. The molecule has 0 aliphatic carbocycles. The van der Waals surface area contributed by atoms with Crippen molar-refractivity contribution < 1.29 is 67.7 Å². The number of hydrogen-bond acceptors (Lipinski definition) is 15. The number of nitrogens with zero attached hydrogens (tertiary/aromatic N) is 3. The molecule has 76 heavy (non-hydrogen) atoms. The average molecular weight is 1070 g/mol. The second kappa shape index (κ2) is 30.7. The zero-order chi connectivity index (χ0) is 57.6. The van der Waals surface area contributed by atoms with E-state index in [-0.39, 0.29) is 32.4 Å². The highest BCUT2D eigenvalue weighted by Gasteiger charge is 2.37. The van der Waals surface area contributed by atoms with E-state index in [1.807, 2.05) is 24.3 Å². The quantitative estimate of drug-likeness (QED) is 0.0139. The fourth-order valence-corrected chi connectivity index (χ4v) is 7.31. The van der Waals surface area contributed by atoms with Gasteiger partial charge in [0.25, 0.3) is 0 Å². The Hall–Kier alpha value is -8.37. The van der Waals surface area contributed by atoms with E-state index in [9.17, 15) is 67.7 Å². The Morgan fingerprint density at radius 1 is 0.605 bits per heavy atom. The SMILES string of the molecule is CC(C)[C@@H](NC(=O)[C@H](C)NC(=O)C(NC(=O)[C@@H](CC(N)=O)NC(=O)[C@H](NC(=O)[C@H](CC(=O)O)NC(=O)[C@H](CCC(N)=O)NCCN=[N+]=[N-])C(C)C)[C@H](C)O)C(=O)N[C@@H](C)C(=O)N[C@H](Cc1c[nH]c2ccccc12)C(N)=O. The molecule has 0 fully saturated rings. The molecule has 0 spiro atoms. The number of para-hydroxylation sites is 1.